The van der Waals surface area contributed by atoms with E-state index in [1.807, 2.05) is 120 Å². The van der Waals surface area contributed by atoms with Crippen LogP contribution in [0.1, 0.15) is 71.4 Å². The summed E-state index contributed by atoms with van der Waals surface area (Å²) in [6, 6.07) is 33.6. The van der Waals surface area contributed by atoms with Crippen LogP contribution in [0.15, 0.2) is 146 Å². The molecular weight excluding hydrogens is 1110 g/mol. The molecule has 20 nitrogen and oxygen atoms in total. The molecule has 84 heavy (non-hydrogen) atoms. The van der Waals surface area contributed by atoms with Gasteiger partial charge in [-0.3, -0.25) is 33.7 Å². The number of hydrogen-bond donors (Lipinski definition) is 2. The first-order valence-corrected chi connectivity index (χ1v) is 29.5. The molecule has 2 fully saturated rings. The van der Waals surface area contributed by atoms with E-state index in [-0.39, 0.29) is 59.8 Å². The van der Waals surface area contributed by atoms with Crippen molar-refractivity contribution in [3.05, 3.63) is 168 Å². The Kier molecular flexibility index (Phi) is 20.7. The fourth-order valence-corrected chi connectivity index (χ4v) is 12.1. The standard InChI is InChI=1S/C24H25N3O3S.C21H23N3O2S.C17H19N5O4/c1-3-29-19-9-5-17(6-10-19)21-13-23(28)27-15-26(16-31-24(27)22(21)14-25)18-7-11-20(12-8-18)30-4-2;1-3-16(4-2)18-11-20(26)24-13-23(14-27-21(24)19(18)12-22)17-7-5-15(6-8-17)9-10-25;1-5-25-12-8-10(6-7-11(12)26-9(2)3)14-18-13-15(21-20-14)19-17(24)22(4)16(13)23/h5-12,21H,3-4,13,15-16H2,1-2H3;3-8,18,25H,1,9-11,13-14H2,2H3;6-9H,5H2,1-4H3,(H,19,21,24)/b;16-4+;. The first-order chi connectivity index (χ1) is 40.7. The Morgan fingerprint density at radius 3 is 1.89 bits per heavy atom. The van der Waals surface area contributed by atoms with Crippen molar-refractivity contribution >= 4 is 57.9 Å². The van der Waals surface area contributed by atoms with Gasteiger partial charge in [0.2, 0.25) is 11.8 Å². The van der Waals surface area contributed by atoms with Crippen LogP contribution in [-0.2, 0) is 23.1 Å². The maximum Gasteiger partial charge on any atom is 0.329 e. The van der Waals surface area contributed by atoms with Crippen molar-refractivity contribution in [1.29, 1.82) is 10.5 Å². The zero-order valence-corrected chi connectivity index (χ0v) is 49.7. The van der Waals surface area contributed by atoms with Crippen LogP contribution in [0.2, 0.25) is 0 Å². The molecule has 0 bridgehead atoms. The molecule has 6 heterocycles. The van der Waals surface area contributed by atoms with Gasteiger partial charge in [0.15, 0.2) is 28.5 Å². The van der Waals surface area contributed by atoms with E-state index in [1.165, 1.54) is 18.8 Å². The average molecular weight is 1170 g/mol. The van der Waals surface area contributed by atoms with E-state index >= 15 is 0 Å². The number of hydrogen-bond acceptors (Lipinski definition) is 18. The summed E-state index contributed by atoms with van der Waals surface area (Å²) >= 11 is 3.07. The van der Waals surface area contributed by atoms with Crippen molar-refractivity contribution in [2.24, 2.45) is 13.0 Å². The Hall–Kier alpha value is -8.83. The molecule has 0 radical (unpaired) electrons. The zero-order chi connectivity index (χ0) is 60.0. The number of H-pyrrole nitrogens is 1. The van der Waals surface area contributed by atoms with Crippen LogP contribution in [0.3, 0.4) is 0 Å². The lowest BCUT2D eigenvalue weighted by Gasteiger charge is -2.42. The minimum Gasteiger partial charge on any atom is -0.494 e. The normalized spacial score (nSPS) is 16.8. The number of benzene rings is 4. The summed E-state index contributed by atoms with van der Waals surface area (Å²) in [5, 5.41) is 38.2. The highest BCUT2D eigenvalue weighted by molar-refractivity contribution is 8.03. The summed E-state index contributed by atoms with van der Waals surface area (Å²) in [6.45, 7) is 18.1. The molecule has 2 unspecified atom stereocenters. The molecule has 4 aromatic carbocycles. The van der Waals surface area contributed by atoms with Gasteiger partial charge in [0, 0.05) is 55.3 Å². The van der Waals surface area contributed by atoms with Gasteiger partial charge in [-0.05, 0) is 131 Å². The number of anilines is 2. The quantitative estimate of drug-likeness (QED) is 0.0857. The zero-order valence-electron chi connectivity index (χ0n) is 48.0. The van der Waals surface area contributed by atoms with Crippen molar-refractivity contribution in [1.82, 2.24) is 34.5 Å². The summed E-state index contributed by atoms with van der Waals surface area (Å²) in [6.07, 6.45) is 4.88. The van der Waals surface area contributed by atoms with E-state index in [9.17, 15) is 29.7 Å². The van der Waals surface area contributed by atoms with Crippen LogP contribution in [0.5, 0.6) is 23.0 Å². The van der Waals surface area contributed by atoms with Gasteiger partial charge in [0.1, 0.15) is 11.5 Å². The van der Waals surface area contributed by atoms with Gasteiger partial charge in [-0.15, -0.1) is 10.2 Å². The number of carbonyl (C=O) groups excluding carboxylic acids is 2. The molecule has 4 aliphatic heterocycles. The second-order valence-electron chi connectivity index (χ2n) is 19.7. The van der Waals surface area contributed by atoms with Gasteiger partial charge < -0.3 is 33.9 Å². The van der Waals surface area contributed by atoms with E-state index in [0.29, 0.717) is 86.0 Å². The highest BCUT2D eigenvalue weighted by Gasteiger charge is 2.40. The molecule has 0 spiro atoms. The topological polar surface area (TPSA) is 245 Å². The third-order valence-electron chi connectivity index (χ3n) is 14.0. The fraction of sp³-hybridized carbons (Fsp3) is 0.339. The molecule has 2 atom stereocenters. The number of nitrogens with one attached hydrogen (secondary N) is 1. The summed E-state index contributed by atoms with van der Waals surface area (Å²) in [5.41, 5.74) is 5.95. The molecule has 6 aromatic rings. The van der Waals surface area contributed by atoms with E-state index in [2.05, 4.69) is 48.7 Å². The van der Waals surface area contributed by atoms with Gasteiger partial charge in [0.05, 0.1) is 84.4 Å². The number of allylic oxidation sites excluding steroid dienone is 5. The van der Waals surface area contributed by atoms with Crippen LogP contribution in [0.4, 0.5) is 11.4 Å². The molecule has 2 aromatic heterocycles. The van der Waals surface area contributed by atoms with Crippen molar-refractivity contribution in [2.75, 3.05) is 61.3 Å². The maximum atomic E-state index is 13.1. The first kappa shape index (κ1) is 61.2. The van der Waals surface area contributed by atoms with Crippen LogP contribution >= 0.6 is 23.5 Å². The Balaban J connectivity index is 0.000000165. The largest absolute Gasteiger partial charge is 0.494 e. The van der Waals surface area contributed by atoms with Crippen molar-refractivity contribution in [3.8, 4) is 46.5 Å². The number of carbonyl (C=O) groups is 2. The number of ether oxygens (including phenoxy) is 4. The maximum absolute atomic E-state index is 13.1. The van der Waals surface area contributed by atoms with Gasteiger partial charge in [-0.25, -0.2) is 9.78 Å². The van der Waals surface area contributed by atoms with Crippen molar-refractivity contribution in [2.45, 2.75) is 72.8 Å². The number of aromatic nitrogens is 5. The van der Waals surface area contributed by atoms with Crippen LogP contribution in [-0.4, -0.2) is 109 Å². The molecule has 4 aliphatic rings. The number of rotatable bonds is 16. The second-order valence-corrected chi connectivity index (χ2v) is 21.5. The third kappa shape index (κ3) is 14.0. The lowest BCUT2D eigenvalue weighted by molar-refractivity contribution is -0.130. The summed E-state index contributed by atoms with van der Waals surface area (Å²) < 4.78 is 23.3. The number of nitrogens with zero attached hydrogens (tertiary/aromatic N) is 10. The molecule has 2 amide bonds. The molecule has 0 saturated carbocycles. The predicted octanol–water partition coefficient (Wildman–Crippen LogP) is 9.37. The average Bonchev–Trinajstić information content (AvgIpc) is 2.06. The van der Waals surface area contributed by atoms with Gasteiger partial charge in [-0.1, -0.05) is 66.5 Å². The highest BCUT2D eigenvalue weighted by atomic mass is 32.2. The molecular formula is C62H67N11O9S2. The number of amides is 2. The smallest absolute Gasteiger partial charge is 0.329 e. The summed E-state index contributed by atoms with van der Waals surface area (Å²) in [7, 11) is 1.37. The molecule has 436 valence electrons. The van der Waals surface area contributed by atoms with E-state index < -0.39 is 11.2 Å². The van der Waals surface area contributed by atoms with Crippen LogP contribution in [0.25, 0.3) is 22.6 Å². The lowest BCUT2D eigenvalue weighted by Crippen LogP contribution is -2.47. The second kappa shape index (κ2) is 28.4. The van der Waals surface area contributed by atoms with Crippen molar-refractivity contribution < 1.29 is 33.6 Å². The van der Waals surface area contributed by atoms with E-state index in [4.69, 9.17) is 24.1 Å². The molecule has 10 rings (SSSR count). The molecule has 2 saturated heterocycles. The Morgan fingerprint density at radius 2 is 1.35 bits per heavy atom. The number of fused-ring (bicyclic) bond motifs is 3. The predicted molar refractivity (Wildman–Crippen MR) is 326 cm³/mol. The first-order valence-electron chi connectivity index (χ1n) is 27.5. The summed E-state index contributed by atoms with van der Waals surface area (Å²) in [5.74, 6) is 4.03. The number of aliphatic hydroxyl groups excluding tert-OH is 1. The van der Waals surface area contributed by atoms with E-state index in [0.717, 1.165) is 54.2 Å². The number of aliphatic hydroxyl groups is 1. The Labute approximate surface area is 496 Å². The van der Waals surface area contributed by atoms with Crippen LogP contribution in [0, 0.1) is 28.6 Å². The highest BCUT2D eigenvalue weighted by Crippen LogP contribution is 2.45. The Morgan fingerprint density at radius 1 is 0.774 bits per heavy atom. The van der Waals surface area contributed by atoms with Crippen molar-refractivity contribution in [3.63, 3.8) is 0 Å². The third-order valence-corrected chi connectivity index (χ3v) is 16.3. The summed E-state index contributed by atoms with van der Waals surface area (Å²) in [4.78, 5) is 64.2. The lowest BCUT2D eigenvalue weighted by atomic mass is 9.86. The minimum atomic E-state index is -0.569. The number of thioether (sulfide) groups is 2. The minimum absolute atomic E-state index is 0.00140. The van der Waals surface area contributed by atoms with Gasteiger partial charge in [-0.2, -0.15) is 10.5 Å². The van der Waals surface area contributed by atoms with Gasteiger partial charge >= 0.3 is 5.69 Å². The van der Waals surface area contributed by atoms with Crippen LogP contribution < -0.4 is 40.0 Å². The fourth-order valence-electron chi connectivity index (χ4n) is 9.75. The monoisotopic (exact) mass is 1170 g/mol. The van der Waals surface area contributed by atoms with Gasteiger partial charge in [0.25, 0.3) is 5.56 Å². The number of aromatic amines is 1. The molecule has 2 N–H and O–H groups in total. The number of nitriles is 2. The molecule has 22 heteroatoms. The van der Waals surface area contributed by atoms with E-state index in [1.54, 1.807) is 45.8 Å². The Bertz CT molecular complexity index is 3680. The molecule has 0 aliphatic carbocycles. The SMILES string of the molecule is C=C/C(=C\C)C1CC(=O)N2CN(c3ccc(CCO)cc3)CSC2=C1C#N.CCOc1cc(-c2nnc3[nH]c(=O)n(C)c(=O)c3n2)ccc1OC(C)C.CCOc1ccc(C2CC(=O)N3CN(c4ccc(OCC)cc4)CSC3=C2C#N)cc1.